The van der Waals surface area contributed by atoms with Crippen LogP contribution in [-0.4, -0.2) is 36.8 Å². The number of nitro groups is 1. The van der Waals surface area contributed by atoms with Crippen molar-refractivity contribution in [1.82, 2.24) is 4.31 Å². The highest BCUT2D eigenvalue weighted by Gasteiger charge is 2.31. The molecule has 1 aliphatic heterocycles. The summed E-state index contributed by atoms with van der Waals surface area (Å²) in [6.45, 7) is 2.96. The maximum absolute atomic E-state index is 12.5. The van der Waals surface area contributed by atoms with Gasteiger partial charge in [0.25, 0.3) is 5.69 Å². The summed E-state index contributed by atoms with van der Waals surface area (Å²) in [7, 11) is -3.64. The van der Waals surface area contributed by atoms with Crippen LogP contribution in [0.5, 0.6) is 0 Å². The van der Waals surface area contributed by atoms with Crippen LogP contribution in [0.3, 0.4) is 0 Å². The normalized spacial score (nSPS) is 20.4. The molecule has 1 aromatic rings. The number of hydrogen-bond donors (Lipinski definition) is 1. The Morgan fingerprint density at radius 2 is 1.96 bits per heavy atom. The Hall–Kier alpha value is -1.67. The molecule has 0 spiro atoms. The molecular formula is C15H21N3O4S. The quantitative estimate of drug-likeness (QED) is 0.635. The first kappa shape index (κ1) is 16.2. The Bertz CT molecular complexity index is 709. The third-order valence-electron chi connectivity index (χ3n) is 4.58. The zero-order valence-electron chi connectivity index (χ0n) is 13.1. The third-order valence-corrected chi connectivity index (χ3v) is 6.48. The number of benzene rings is 1. The highest BCUT2D eigenvalue weighted by molar-refractivity contribution is 7.89. The highest BCUT2D eigenvalue weighted by Crippen LogP contribution is 2.36. The van der Waals surface area contributed by atoms with Crippen LogP contribution in [-0.2, 0) is 10.0 Å². The second-order valence-corrected chi connectivity index (χ2v) is 8.26. The van der Waals surface area contributed by atoms with Crippen molar-refractivity contribution >= 4 is 21.4 Å². The molecule has 126 valence electrons. The molecule has 2 aliphatic rings. The zero-order valence-corrected chi connectivity index (χ0v) is 13.9. The van der Waals surface area contributed by atoms with Gasteiger partial charge in [-0.25, -0.2) is 8.42 Å². The number of anilines is 1. The molecule has 1 atom stereocenters. The van der Waals surface area contributed by atoms with Crippen LogP contribution in [0.1, 0.15) is 32.6 Å². The van der Waals surface area contributed by atoms with Crippen molar-refractivity contribution in [3.63, 3.8) is 0 Å². The van der Waals surface area contributed by atoms with Gasteiger partial charge in [-0.1, -0.05) is 0 Å². The van der Waals surface area contributed by atoms with Gasteiger partial charge in [-0.05, 0) is 50.7 Å². The van der Waals surface area contributed by atoms with Gasteiger partial charge >= 0.3 is 0 Å². The van der Waals surface area contributed by atoms with E-state index in [1.807, 2.05) is 6.92 Å². The summed E-state index contributed by atoms with van der Waals surface area (Å²) in [5.74, 6) is 0.544. The first-order chi connectivity index (χ1) is 10.9. The predicted molar refractivity (Wildman–Crippen MR) is 86.9 cm³/mol. The fourth-order valence-corrected chi connectivity index (χ4v) is 4.52. The Morgan fingerprint density at radius 1 is 1.30 bits per heavy atom. The molecule has 0 bridgehead atoms. The summed E-state index contributed by atoms with van der Waals surface area (Å²) in [5.41, 5.74) is 0.201. The van der Waals surface area contributed by atoms with Gasteiger partial charge in [-0.15, -0.1) is 0 Å². The molecule has 0 unspecified atom stereocenters. The van der Waals surface area contributed by atoms with E-state index >= 15 is 0 Å². The molecule has 23 heavy (non-hydrogen) atoms. The summed E-state index contributed by atoms with van der Waals surface area (Å²) in [5, 5.41) is 14.5. The van der Waals surface area contributed by atoms with E-state index in [1.165, 1.54) is 22.5 Å². The van der Waals surface area contributed by atoms with Crippen LogP contribution < -0.4 is 5.32 Å². The number of sulfonamides is 1. The van der Waals surface area contributed by atoms with Gasteiger partial charge in [0.05, 0.1) is 9.82 Å². The summed E-state index contributed by atoms with van der Waals surface area (Å²) < 4.78 is 26.5. The van der Waals surface area contributed by atoms with Crippen molar-refractivity contribution < 1.29 is 13.3 Å². The molecule has 8 heteroatoms. The summed E-state index contributed by atoms with van der Waals surface area (Å²) in [6, 6.07) is 4.30. The van der Waals surface area contributed by atoms with Crippen molar-refractivity contribution in [2.45, 2.75) is 43.5 Å². The van der Waals surface area contributed by atoms with Gasteiger partial charge in [-0.2, -0.15) is 4.31 Å². The number of rotatable bonds is 6. The monoisotopic (exact) mass is 339 g/mol. The van der Waals surface area contributed by atoms with Crippen LogP contribution in [0, 0.1) is 16.0 Å². The fraction of sp³-hybridized carbons (Fsp3) is 0.600. The average molecular weight is 339 g/mol. The van der Waals surface area contributed by atoms with Crippen LogP contribution >= 0.6 is 0 Å². The molecular weight excluding hydrogens is 318 g/mol. The Kier molecular flexibility index (Phi) is 4.29. The second kappa shape index (κ2) is 6.09. The smallest absolute Gasteiger partial charge is 0.293 e. The minimum absolute atomic E-state index is 0.00396. The molecule has 0 amide bonds. The van der Waals surface area contributed by atoms with E-state index < -0.39 is 14.9 Å². The van der Waals surface area contributed by atoms with Crippen molar-refractivity contribution in [3.8, 4) is 0 Å². The number of nitrogens with one attached hydrogen (secondary N) is 1. The molecule has 1 aromatic carbocycles. The SMILES string of the molecule is C[C@@H](Nc1ccc(S(=O)(=O)N2CCCC2)cc1[N+](=O)[O-])C1CC1. The lowest BCUT2D eigenvalue weighted by Crippen LogP contribution is -2.28. The first-order valence-electron chi connectivity index (χ1n) is 7.95. The molecule has 1 saturated carbocycles. The average Bonchev–Trinajstić information content (AvgIpc) is 3.21. The predicted octanol–water partition coefficient (Wildman–Crippen LogP) is 2.59. The molecule has 1 heterocycles. The zero-order chi connectivity index (χ0) is 16.6. The molecule has 3 rings (SSSR count). The molecule has 0 aromatic heterocycles. The van der Waals surface area contributed by atoms with Crippen LogP contribution in [0.15, 0.2) is 23.1 Å². The highest BCUT2D eigenvalue weighted by atomic mass is 32.2. The molecule has 1 aliphatic carbocycles. The van der Waals surface area contributed by atoms with Crippen LogP contribution in [0.25, 0.3) is 0 Å². The van der Waals surface area contributed by atoms with Crippen molar-refractivity contribution in [2.75, 3.05) is 18.4 Å². The maximum atomic E-state index is 12.5. The third kappa shape index (κ3) is 3.32. The summed E-state index contributed by atoms with van der Waals surface area (Å²) >= 11 is 0. The first-order valence-corrected chi connectivity index (χ1v) is 9.39. The second-order valence-electron chi connectivity index (χ2n) is 6.32. The Morgan fingerprint density at radius 3 is 2.52 bits per heavy atom. The van der Waals surface area contributed by atoms with Gasteiger partial charge in [0.2, 0.25) is 10.0 Å². The fourth-order valence-electron chi connectivity index (χ4n) is 2.98. The van der Waals surface area contributed by atoms with Crippen molar-refractivity contribution in [1.29, 1.82) is 0 Å². The molecule has 1 N–H and O–H groups in total. The number of nitro benzene ring substituents is 1. The largest absolute Gasteiger partial charge is 0.377 e. The van der Waals surface area contributed by atoms with Crippen molar-refractivity contribution in [2.24, 2.45) is 5.92 Å². The van der Waals surface area contributed by atoms with Crippen LogP contribution in [0.4, 0.5) is 11.4 Å². The number of hydrogen-bond acceptors (Lipinski definition) is 5. The van der Waals surface area contributed by atoms with Crippen molar-refractivity contribution in [3.05, 3.63) is 28.3 Å². The lowest BCUT2D eigenvalue weighted by molar-refractivity contribution is -0.384. The molecule has 0 radical (unpaired) electrons. The van der Waals surface area contributed by atoms with Gasteiger partial charge in [0.15, 0.2) is 0 Å². The van der Waals surface area contributed by atoms with Crippen LogP contribution in [0.2, 0.25) is 0 Å². The topological polar surface area (TPSA) is 92.6 Å². The number of nitrogens with zero attached hydrogens (tertiary/aromatic N) is 2. The molecule has 7 nitrogen and oxygen atoms in total. The minimum atomic E-state index is -3.64. The lowest BCUT2D eigenvalue weighted by atomic mass is 10.2. The van der Waals surface area contributed by atoms with E-state index in [0.29, 0.717) is 24.7 Å². The Balaban J connectivity index is 1.90. The maximum Gasteiger partial charge on any atom is 0.293 e. The lowest BCUT2D eigenvalue weighted by Gasteiger charge is -2.17. The van der Waals surface area contributed by atoms with Gasteiger partial charge in [0, 0.05) is 25.2 Å². The van der Waals surface area contributed by atoms with Gasteiger partial charge in [-0.3, -0.25) is 10.1 Å². The Labute approximate surface area is 135 Å². The van der Waals surface area contributed by atoms with Gasteiger partial charge in [0.1, 0.15) is 5.69 Å². The molecule has 2 fully saturated rings. The van der Waals surface area contributed by atoms with E-state index in [0.717, 1.165) is 25.7 Å². The van der Waals surface area contributed by atoms with E-state index in [2.05, 4.69) is 5.32 Å². The van der Waals surface area contributed by atoms with E-state index in [4.69, 9.17) is 0 Å². The standard InChI is InChI=1S/C15H21N3O4S/c1-11(12-4-5-12)16-14-7-6-13(10-15(14)18(19)20)23(21,22)17-8-2-3-9-17/h6-7,10-12,16H,2-5,8-9H2,1H3/t11-/m1/s1. The van der Waals surface area contributed by atoms with E-state index in [-0.39, 0.29) is 16.6 Å². The minimum Gasteiger partial charge on any atom is -0.377 e. The molecule has 1 saturated heterocycles. The van der Waals surface area contributed by atoms with Gasteiger partial charge < -0.3 is 5.32 Å². The van der Waals surface area contributed by atoms with E-state index in [1.54, 1.807) is 0 Å². The summed E-state index contributed by atoms with van der Waals surface area (Å²) in [6.07, 6.45) is 3.92. The van der Waals surface area contributed by atoms with E-state index in [9.17, 15) is 18.5 Å². The summed E-state index contributed by atoms with van der Waals surface area (Å²) in [4.78, 5) is 10.8.